The summed E-state index contributed by atoms with van der Waals surface area (Å²) in [6.45, 7) is 8.03. The van der Waals surface area contributed by atoms with Gasteiger partial charge >= 0.3 is 6.09 Å². The molecule has 1 aromatic heterocycles. The van der Waals surface area contributed by atoms with Crippen molar-refractivity contribution in [3.05, 3.63) is 21.7 Å². The maximum Gasteiger partial charge on any atom is 0.410 e. The SMILES string of the molecule is CC(C)(C)OC(=O)N(CCCNCc1ccc(I)o1)C1CC1. The molecule has 22 heavy (non-hydrogen) atoms. The molecule has 1 amide bonds. The van der Waals surface area contributed by atoms with Crippen molar-refractivity contribution in [2.75, 3.05) is 13.1 Å². The quantitative estimate of drug-likeness (QED) is 0.539. The maximum atomic E-state index is 12.2. The molecule has 1 fully saturated rings. The van der Waals surface area contributed by atoms with Crippen LogP contribution in [0, 0.1) is 3.77 Å². The van der Waals surface area contributed by atoms with E-state index in [9.17, 15) is 4.79 Å². The van der Waals surface area contributed by atoms with E-state index >= 15 is 0 Å². The average Bonchev–Trinajstić information content (AvgIpc) is 3.14. The molecular formula is C16H25IN2O3. The second-order valence-corrected chi connectivity index (χ2v) is 7.70. The van der Waals surface area contributed by atoms with Gasteiger partial charge in [0, 0.05) is 12.6 Å². The Morgan fingerprint density at radius 2 is 2.18 bits per heavy atom. The number of rotatable bonds is 7. The van der Waals surface area contributed by atoms with E-state index in [1.165, 1.54) is 0 Å². The number of amides is 1. The lowest BCUT2D eigenvalue weighted by molar-refractivity contribution is 0.0232. The highest BCUT2D eigenvalue weighted by molar-refractivity contribution is 14.1. The van der Waals surface area contributed by atoms with Gasteiger partial charge in [-0.3, -0.25) is 0 Å². The molecule has 0 spiro atoms. The second-order valence-electron chi connectivity index (χ2n) is 6.64. The van der Waals surface area contributed by atoms with Gasteiger partial charge in [-0.05, 0) is 81.3 Å². The highest BCUT2D eigenvalue weighted by Gasteiger charge is 2.34. The van der Waals surface area contributed by atoms with E-state index in [1.807, 2.05) is 37.8 Å². The predicted molar refractivity (Wildman–Crippen MR) is 93.7 cm³/mol. The molecule has 2 rings (SSSR count). The molecule has 1 saturated carbocycles. The minimum atomic E-state index is -0.432. The lowest BCUT2D eigenvalue weighted by Gasteiger charge is -2.27. The van der Waals surface area contributed by atoms with Crippen molar-refractivity contribution in [3.8, 4) is 0 Å². The fraction of sp³-hybridized carbons (Fsp3) is 0.688. The van der Waals surface area contributed by atoms with Gasteiger partial charge in [-0.2, -0.15) is 0 Å². The number of carbonyl (C=O) groups is 1. The van der Waals surface area contributed by atoms with Gasteiger partial charge < -0.3 is 19.4 Å². The number of halogens is 1. The van der Waals surface area contributed by atoms with Crippen LogP contribution < -0.4 is 5.32 Å². The maximum absolute atomic E-state index is 12.2. The van der Waals surface area contributed by atoms with E-state index in [1.54, 1.807) is 0 Å². The molecule has 0 aliphatic heterocycles. The van der Waals surface area contributed by atoms with Gasteiger partial charge in [0.2, 0.25) is 0 Å². The number of hydrogen-bond donors (Lipinski definition) is 1. The van der Waals surface area contributed by atoms with Crippen LogP contribution in [0.3, 0.4) is 0 Å². The Morgan fingerprint density at radius 1 is 1.45 bits per heavy atom. The predicted octanol–water partition coefficient (Wildman–Crippen LogP) is 3.76. The molecule has 5 nitrogen and oxygen atoms in total. The summed E-state index contributed by atoms with van der Waals surface area (Å²) < 4.78 is 11.9. The zero-order valence-electron chi connectivity index (χ0n) is 13.5. The van der Waals surface area contributed by atoms with Crippen LogP contribution in [0.4, 0.5) is 4.79 Å². The van der Waals surface area contributed by atoms with Crippen LogP contribution in [0.5, 0.6) is 0 Å². The highest BCUT2D eigenvalue weighted by atomic mass is 127. The smallest absolute Gasteiger partial charge is 0.410 e. The third kappa shape index (κ3) is 6.16. The van der Waals surface area contributed by atoms with Crippen LogP contribution in [0.25, 0.3) is 0 Å². The van der Waals surface area contributed by atoms with E-state index in [-0.39, 0.29) is 6.09 Å². The third-order valence-corrected chi connectivity index (χ3v) is 3.88. The Hall–Kier alpha value is -0.760. The topological polar surface area (TPSA) is 54.7 Å². The normalized spacial score (nSPS) is 14.9. The lowest BCUT2D eigenvalue weighted by Crippen LogP contribution is -2.39. The van der Waals surface area contributed by atoms with Crippen molar-refractivity contribution < 1.29 is 13.9 Å². The molecule has 0 bridgehead atoms. The van der Waals surface area contributed by atoms with E-state index in [4.69, 9.17) is 9.15 Å². The minimum Gasteiger partial charge on any atom is -0.454 e. The Morgan fingerprint density at radius 3 is 2.73 bits per heavy atom. The highest BCUT2D eigenvalue weighted by Crippen LogP contribution is 2.28. The lowest BCUT2D eigenvalue weighted by atomic mass is 10.2. The van der Waals surface area contributed by atoms with Gasteiger partial charge in [0.15, 0.2) is 3.77 Å². The van der Waals surface area contributed by atoms with Crippen LogP contribution >= 0.6 is 22.6 Å². The fourth-order valence-corrected chi connectivity index (χ4v) is 2.63. The molecule has 1 aliphatic rings. The Kier molecular flexibility index (Phi) is 6.14. The molecule has 124 valence electrons. The molecule has 1 aliphatic carbocycles. The third-order valence-electron chi connectivity index (χ3n) is 3.30. The summed E-state index contributed by atoms with van der Waals surface area (Å²) in [6.07, 6.45) is 2.92. The number of ether oxygens (including phenoxy) is 1. The number of nitrogens with zero attached hydrogens (tertiary/aromatic N) is 1. The van der Waals surface area contributed by atoms with E-state index in [2.05, 4.69) is 27.9 Å². The monoisotopic (exact) mass is 420 g/mol. The number of carbonyl (C=O) groups excluding carboxylic acids is 1. The minimum absolute atomic E-state index is 0.185. The van der Waals surface area contributed by atoms with E-state index < -0.39 is 5.60 Å². The summed E-state index contributed by atoms with van der Waals surface area (Å²) >= 11 is 2.16. The number of nitrogens with one attached hydrogen (secondary N) is 1. The zero-order valence-corrected chi connectivity index (χ0v) is 15.7. The van der Waals surface area contributed by atoms with E-state index in [0.717, 1.165) is 48.4 Å². The summed E-state index contributed by atoms with van der Waals surface area (Å²) in [4.78, 5) is 14.1. The van der Waals surface area contributed by atoms with Crippen molar-refractivity contribution in [3.63, 3.8) is 0 Å². The van der Waals surface area contributed by atoms with Gasteiger partial charge in [-0.25, -0.2) is 4.79 Å². The number of hydrogen-bond acceptors (Lipinski definition) is 4. The molecule has 0 aromatic carbocycles. The molecule has 1 heterocycles. The molecular weight excluding hydrogens is 395 g/mol. The van der Waals surface area contributed by atoms with Crippen LogP contribution in [0.1, 0.15) is 45.8 Å². The van der Waals surface area contributed by atoms with Gasteiger partial charge in [-0.15, -0.1) is 0 Å². The van der Waals surface area contributed by atoms with Gasteiger partial charge in [0.05, 0.1) is 6.54 Å². The van der Waals surface area contributed by atoms with Crippen LogP contribution in [0.15, 0.2) is 16.5 Å². The first-order valence-electron chi connectivity index (χ1n) is 7.80. The van der Waals surface area contributed by atoms with Gasteiger partial charge in [0.25, 0.3) is 0 Å². The summed E-state index contributed by atoms with van der Waals surface area (Å²) in [6, 6.07) is 4.31. The summed E-state index contributed by atoms with van der Waals surface area (Å²) in [5.74, 6) is 0.940. The van der Waals surface area contributed by atoms with E-state index in [0.29, 0.717) is 6.04 Å². The first-order chi connectivity index (χ1) is 10.3. The summed E-state index contributed by atoms with van der Waals surface area (Å²) in [5.41, 5.74) is -0.432. The molecule has 1 N–H and O–H groups in total. The molecule has 0 saturated heterocycles. The van der Waals surface area contributed by atoms with Crippen LogP contribution in [-0.2, 0) is 11.3 Å². The molecule has 0 unspecified atom stereocenters. The van der Waals surface area contributed by atoms with Gasteiger partial charge in [0.1, 0.15) is 11.4 Å². The molecule has 6 heteroatoms. The number of furan rings is 1. The summed E-state index contributed by atoms with van der Waals surface area (Å²) in [7, 11) is 0. The Bertz CT molecular complexity index is 492. The van der Waals surface area contributed by atoms with Crippen molar-refractivity contribution in [2.45, 2.75) is 58.2 Å². The molecule has 0 radical (unpaired) electrons. The fourth-order valence-electron chi connectivity index (χ4n) is 2.16. The van der Waals surface area contributed by atoms with Crippen molar-refractivity contribution >= 4 is 28.7 Å². The standard InChI is InChI=1S/C16H25IN2O3/c1-16(2,3)22-15(20)19(12-5-6-12)10-4-9-18-11-13-7-8-14(17)21-13/h7-8,12,18H,4-6,9-11H2,1-3H3. The first kappa shape index (κ1) is 17.6. The Labute approximate surface area is 145 Å². The zero-order chi connectivity index (χ0) is 16.2. The Balaban J connectivity index is 1.67. The second kappa shape index (κ2) is 7.68. The van der Waals surface area contributed by atoms with Crippen molar-refractivity contribution in [1.29, 1.82) is 0 Å². The average molecular weight is 420 g/mol. The molecule has 0 atom stereocenters. The summed E-state index contributed by atoms with van der Waals surface area (Å²) in [5, 5.41) is 3.34. The van der Waals surface area contributed by atoms with Gasteiger partial charge in [-0.1, -0.05) is 0 Å². The van der Waals surface area contributed by atoms with Crippen molar-refractivity contribution in [1.82, 2.24) is 10.2 Å². The largest absolute Gasteiger partial charge is 0.454 e. The van der Waals surface area contributed by atoms with Crippen LogP contribution in [0.2, 0.25) is 0 Å². The van der Waals surface area contributed by atoms with Crippen molar-refractivity contribution in [2.24, 2.45) is 0 Å². The molecule has 1 aromatic rings. The van der Waals surface area contributed by atoms with Crippen LogP contribution in [-0.4, -0.2) is 35.7 Å². The first-order valence-corrected chi connectivity index (χ1v) is 8.87.